The van der Waals surface area contributed by atoms with Crippen molar-refractivity contribution in [1.29, 1.82) is 0 Å². The largest absolute Gasteiger partial charge is 0.469 e. The monoisotopic (exact) mass is 324 g/mol. The Hall–Kier alpha value is -1.36. The van der Waals surface area contributed by atoms with Gasteiger partial charge in [-0.25, -0.2) is 8.42 Å². The number of esters is 1. The van der Waals surface area contributed by atoms with Crippen molar-refractivity contribution in [2.45, 2.75) is 49.7 Å². The fraction of sp³-hybridized carbons (Fsp3) is 0.588. The Balaban J connectivity index is 2.09. The van der Waals surface area contributed by atoms with Gasteiger partial charge in [0.2, 0.25) is 0 Å². The molecule has 22 heavy (non-hydrogen) atoms. The molecule has 0 saturated heterocycles. The first-order chi connectivity index (χ1) is 10.3. The van der Waals surface area contributed by atoms with Gasteiger partial charge in [-0.05, 0) is 56.2 Å². The van der Waals surface area contributed by atoms with Crippen LogP contribution in [0.3, 0.4) is 0 Å². The van der Waals surface area contributed by atoms with Crippen LogP contribution >= 0.6 is 0 Å². The molecular weight excluding hydrogens is 300 g/mol. The third-order valence-electron chi connectivity index (χ3n) is 4.46. The summed E-state index contributed by atoms with van der Waals surface area (Å²) in [6.45, 7) is 5.46. The molecule has 0 radical (unpaired) electrons. The van der Waals surface area contributed by atoms with Crippen molar-refractivity contribution in [3.63, 3.8) is 0 Å². The zero-order valence-electron chi connectivity index (χ0n) is 13.6. The first-order valence-electron chi connectivity index (χ1n) is 7.69. The third kappa shape index (κ3) is 3.51. The number of rotatable bonds is 6. The van der Waals surface area contributed by atoms with Crippen molar-refractivity contribution >= 4 is 15.8 Å². The van der Waals surface area contributed by atoms with Crippen LogP contribution in [0.2, 0.25) is 0 Å². The van der Waals surface area contributed by atoms with Crippen LogP contribution in [-0.4, -0.2) is 26.7 Å². The van der Waals surface area contributed by atoms with Gasteiger partial charge in [0.25, 0.3) is 0 Å². The number of carbonyl (C=O) groups is 1. The molecule has 0 amide bonds. The molecule has 0 aliphatic heterocycles. The van der Waals surface area contributed by atoms with Crippen molar-refractivity contribution in [3.05, 3.63) is 29.8 Å². The van der Waals surface area contributed by atoms with Crippen LogP contribution in [0.5, 0.6) is 0 Å². The van der Waals surface area contributed by atoms with Crippen molar-refractivity contribution in [2.75, 3.05) is 7.11 Å². The molecule has 1 aliphatic carbocycles. The number of methoxy groups -OCH3 is 1. The van der Waals surface area contributed by atoms with E-state index in [0.717, 1.165) is 18.4 Å². The molecule has 0 heterocycles. The third-order valence-corrected chi connectivity index (χ3v) is 6.61. The summed E-state index contributed by atoms with van der Waals surface area (Å²) in [5.41, 5.74) is 1.01. The molecule has 3 atom stereocenters. The van der Waals surface area contributed by atoms with E-state index in [4.69, 9.17) is 4.74 Å². The van der Waals surface area contributed by atoms with Crippen molar-refractivity contribution in [1.82, 2.24) is 0 Å². The SMILES string of the molecule is COC(=O)C1CC1CC(C)c1cccc(S(=O)(=O)C(C)C)c1. The average molecular weight is 324 g/mol. The summed E-state index contributed by atoms with van der Waals surface area (Å²) in [5, 5.41) is -0.426. The Morgan fingerprint density at radius 1 is 1.32 bits per heavy atom. The lowest BCUT2D eigenvalue weighted by molar-refractivity contribution is -0.142. The van der Waals surface area contributed by atoms with Crippen molar-refractivity contribution in [3.8, 4) is 0 Å². The fourth-order valence-corrected chi connectivity index (χ4v) is 3.92. The Morgan fingerprint density at radius 3 is 2.59 bits per heavy atom. The second-order valence-electron chi connectivity index (χ2n) is 6.43. The van der Waals surface area contributed by atoms with E-state index in [-0.39, 0.29) is 17.8 Å². The van der Waals surface area contributed by atoms with Gasteiger partial charge in [-0.2, -0.15) is 0 Å². The van der Waals surface area contributed by atoms with Gasteiger partial charge in [0.05, 0.1) is 23.2 Å². The molecule has 1 aliphatic rings. The zero-order valence-corrected chi connectivity index (χ0v) is 14.4. The molecule has 1 aromatic carbocycles. The highest BCUT2D eigenvalue weighted by Crippen LogP contribution is 2.45. The minimum atomic E-state index is -3.25. The molecule has 5 heteroatoms. The Bertz CT molecular complexity index is 648. The Labute approximate surface area is 132 Å². The number of benzene rings is 1. The minimum Gasteiger partial charge on any atom is -0.469 e. The average Bonchev–Trinajstić information content (AvgIpc) is 3.25. The molecule has 0 N–H and O–H groups in total. The van der Waals surface area contributed by atoms with Crippen LogP contribution in [0.15, 0.2) is 29.2 Å². The molecule has 4 nitrogen and oxygen atoms in total. The van der Waals surface area contributed by atoms with E-state index < -0.39 is 15.1 Å². The minimum absolute atomic E-state index is 0.0232. The standard InChI is InChI=1S/C17H24O4S/c1-11(2)22(19,20)15-7-5-6-13(9-15)12(3)8-14-10-16(14)17(18)21-4/h5-7,9,11-12,14,16H,8,10H2,1-4H3. The molecule has 1 fully saturated rings. The van der Waals surface area contributed by atoms with E-state index in [1.165, 1.54) is 7.11 Å². The summed E-state index contributed by atoms with van der Waals surface area (Å²) in [5.74, 6) is 0.471. The highest BCUT2D eigenvalue weighted by Gasteiger charge is 2.44. The van der Waals surface area contributed by atoms with E-state index in [2.05, 4.69) is 6.92 Å². The number of hydrogen-bond acceptors (Lipinski definition) is 4. The van der Waals surface area contributed by atoms with Crippen molar-refractivity contribution in [2.24, 2.45) is 11.8 Å². The second-order valence-corrected chi connectivity index (χ2v) is 8.93. The summed E-state index contributed by atoms with van der Waals surface area (Å²) in [4.78, 5) is 11.8. The van der Waals surface area contributed by atoms with Gasteiger partial charge < -0.3 is 4.74 Å². The highest BCUT2D eigenvalue weighted by atomic mass is 32.2. The summed E-state index contributed by atoms with van der Waals surface area (Å²) >= 11 is 0. The van der Waals surface area contributed by atoms with Crippen LogP contribution < -0.4 is 0 Å². The van der Waals surface area contributed by atoms with Crippen LogP contribution in [0.1, 0.15) is 45.1 Å². The maximum absolute atomic E-state index is 12.3. The molecule has 2 rings (SSSR count). The van der Waals surface area contributed by atoms with Gasteiger partial charge in [0.1, 0.15) is 0 Å². The normalized spacial score (nSPS) is 22.4. The smallest absolute Gasteiger partial charge is 0.308 e. The summed E-state index contributed by atoms with van der Waals surface area (Å²) in [6, 6.07) is 7.18. The number of sulfone groups is 1. The van der Waals surface area contributed by atoms with E-state index in [1.54, 1.807) is 32.0 Å². The zero-order chi connectivity index (χ0) is 16.5. The van der Waals surface area contributed by atoms with E-state index in [0.29, 0.717) is 10.8 Å². The summed E-state index contributed by atoms with van der Waals surface area (Å²) in [7, 11) is -1.83. The van der Waals surface area contributed by atoms with Crippen LogP contribution in [-0.2, 0) is 19.4 Å². The molecule has 122 valence electrons. The highest BCUT2D eigenvalue weighted by molar-refractivity contribution is 7.92. The number of carbonyl (C=O) groups excluding carboxylic acids is 1. The van der Waals surface area contributed by atoms with Gasteiger partial charge in [-0.1, -0.05) is 19.1 Å². The van der Waals surface area contributed by atoms with E-state index in [9.17, 15) is 13.2 Å². The molecule has 1 aromatic rings. The summed E-state index contributed by atoms with van der Waals surface area (Å²) < 4.78 is 29.3. The first kappa shape index (κ1) is 17.0. The van der Waals surface area contributed by atoms with Crippen LogP contribution in [0, 0.1) is 11.8 Å². The summed E-state index contributed by atoms with van der Waals surface area (Å²) in [6.07, 6.45) is 1.76. The lowest BCUT2D eigenvalue weighted by Gasteiger charge is -2.14. The van der Waals surface area contributed by atoms with Crippen molar-refractivity contribution < 1.29 is 17.9 Å². The second kappa shape index (κ2) is 6.41. The maximum atomic E-state index is 12.3. The topological polar surface area (TPSA) is 60.4 Å². The van der Waals surface area contributed by atoms with Crippen LogP contribution in [0.4, 0.5) is 0 Å². The van der Waals surface area contributed by atoms with Gasteiger partial charge >= 0.3 is 5.97 Å². The predicted octanol–water partition coefficient (Wildman–Crippen LogP) is 3.17. The molecule has 0 aromatic heterocycles. The Kier molecular flexibility index (Phi) is 4.95. The Morgan fingerprint density at radius 2 is 2.00 bits per heavy atom. The van der Waals surface area contributed by atoms with Gasteiger partial charge in [0.15, 0.2) is 9.84 Å². The fourth-order valence-electron chi connectivity index (χ4n) is 2.81. The molecule has 0 spiro atoms. The molecule has 3 unspecified atom stereocenters. The number of hydrogen-bond donors (Lipinski definition) is 0. The molecular formula is C17H24O4S. The quantitative estimate of drug-likeness (QED) is 0.754. The maximum Gasteiger partial charge on any atom is 0.308 e. The van der Waals surface area contributed by atoms with Gasteiger partial charge in [0, 0.05) is 0 Å². The first-order valence-corrected chi connectivity index (χ1v) is 9.23. The van der Waals surface area contributed by atoms with Gasteiger partial charge in [-0.15, -0.1) is 0 Å². The van der Waals surface area contributed by atoms with Crippen LogP contribution in [0.25, 0.3) is 0 Å². The number of ether oxygens (including phenoxy) is 1. The predicted molar refractivity (Wildman–Crippen MR) is 85.4 cm³/mol. The lowest BCUT2D eigenvalue weighted by Crippen LogP contribution is -2.14. The van der Waals surface area contributed by atoms with Gasteiger partial charge in [-0.3, -0.25) is 4.79 Å². The lowest BCUT2D eigenvalue weighted by atomic mass is 9.95. The molecule has 1 saturated carbocycles. The molecule has 0 bridgehead atoms. The van der Waals surface area contributed by atoms with E-state index >= 15 is 0 Å². The van der Waals surface area contributed by atoms with E-state index in [1.807, 2.05) is 6.07 Å².